The minimum Gasteiger partial charge on any atom is -0.382 e. The summed E-state index contributed by atoms with van der Waals surface area (Å²) in [4.78, 5) is 12.3. The van der Waals surface area contributed by atoms with Crippen LogP contribution in [0.5, 0.6) is 0 Å². The Balaban J connectivity index is 1.65. The van der Waals surface area contributed by atoms with E-state index in [1.165, 1.54) is 6.33 Å². The lowest BCUT2D eigenvalue weighted by Gasteiger charge is -2.36. The van der Waals surface area contributed by atoms with Crippen molar-refractivity contribution in [3.8, 4) is 12.3 Å². The predicted octanol–water partition coefficient (Wildman–Crippen LogP) is 1.65. The molecule has 2 aliphatic heterocycles. The maximum Gasteiger partial charge on any atom is 0.475 e. The molecule has 0 bridgehead atoms. The Kier molecular flexibility index (Phi) is 4.02. The molecular formula is C15H18N5O5P. The Hall–Kier alpha value is -2.02. The van der Waals surface area contributed by atoms with Gasteiger partial charge in [0.15, 0.2) is 17.1 Å². The summed E-state index contributed by atoms with van der Waals surface area (Å²) < 4.78 is 36.7. The van der Waals surface area contributed by atoms with Crippen LogP contribution in [0.1, 0.15) is 26.5 Å². The highest BCUT2D eigenvalue weighted by atomic mass is 31.2. The summed E-state index contributed by atoms with van der Waals surface area (Å²) in [6.45, 7) is 3.38. The number of hydrogen-bond donors (Lipinski definition) is 1. The van der Waals surface area contributed by atoms with E-state index in [0.717, 1.165) is 0 Å². The van der Waals surface area contributed by atoms with E-state index in [4.69, 9.17) is 30.5 Å². The van der Waals surface area contributed by atoms with E-state index in [0.29, 0.717) is 17.6 Å². The molecule has 2 aromatic heterocycles. The van der Waals surface area contributed by atoms with Gasteiger partial charge in [-0.15, -0.1) is 6.42 Å². The number of anilines is 1. The number of nitrogens with two attached hydrogens (primary N) is 1. The average Bonchev–Trinajstić information content (AvgIpc) is 3.16. The monoisotopic (exact) mass is 379 g/mol. The fraction of sp³-hybridized carbons (Fsp3) is 0.533. The molecule has 0 saturated carbocycles. The lowest BCUT2D eigenvalue weighted by molar-refractivity contribution is -0.114. The molecule has 2 aromatic rings. The Morgan fingerprint density at radius 3 is 3.04 bits per heavy atom. The van der Waals surface area contributed by atoms with Gasteiger partial charge >= 0.3 is 7.82 Å². The zero-order valence-electron chi connectivity index (χ0n) is 14.2. The quantitative estimate of drug-likeness (QED) is 0.626. The minimum atomic E-state index is -3.70. The molecule has 2 aliphatic rings. The molecule has 0 amide bonds. The molecule has 11 heteroatoms. The number of ether oxygens (including phenoxy) is 1. The van der Waals surface area contributed by atoms with Gasteiger partial charge in [-0.25, -0.2) is 19.5 Å². The van der Waals surface area contributed by atoms with Gasteiger partial charge in [-0.3, -0.25) is 18.1 Å². The molecule has 4 rings (SSSR count). The van der Waals surface area contributed by atoms with Gasteiger partial charge in [0.05, 0.1) is 12.4 Å². The van der Waals surface area contributed by atoms with Crippen LogP contribution in [-0.4, -0.2) is 43.9 Å². The van der Waals surface area contributed by atoms with E-state index in [1.54, 1.807) is 24.7 Å². The van der Waals surface area contributed by atoms with E-state index in [1.807, 2.05) is 0 Å². The standard InChI is InChI=1S/C15H18N5O5P/c1-4-15-6-22-26(21,24-9(2)3)25-10(15)5-11(23-15)20-8-19-12-13(16)17-7-18-14(12)20/h1,7-11H,5-6H2,2-3H3,(H2,16,17,18)/t10-,11-,15-,26?/m1/s1. The van der Waals surface area contributed by atoms with Crippen LogP contribution in [0, 0.1) is 12.3 Å². The Morgan fingerprint density at radius 2 is 2.31 bits per heavy atom. The summed E-state index contributed by atoms with van der Waals surface area (Å²) in [6.07, 6.45) is 7.39. The number of rotatable bonds is 3. The fourth-order valence-electron chi connectivity index (χ4n) is 3.09. The van der Waals surface area contributed by atoms with Gasteiger partial charge in [0, 0.05) is 6.42 Å². The number of phosphoric acid groups is 1. The van der Waals surface area contributed by atoms with Crippen molar-refractivity contribution < 1.29 is 22.9 Å². The third-order valence-corrected chi connectivity index (χ3v) is 5.89. The third-order valence-electron chi connectivity index (χ3n) is 4.26. The van der Waals surface area contributed by atoms with Crippen LogP contribution in [-0.2, 0) is 22.9 Å². The van der Waals surface area contributed by atoms with Crippen molar-refractivity contribution in [2.45, 2.75) is 44.3 Å². The van der Waals surface area contributed by atoms with Crippen LogP contribution in [0.2, 0.25) is 0 Å². The molecule has 1 unspecified atom stereocenters. The number of imidazole rings is 1. The highest BCUT2D eigenvalue weighted by molar-refractivity contribution is 7.48. The number of nitrogens with zero attached hydrogens (tertiary/aromatic N) is 4. The van der Waals surface area contributed by atoms with Crippen LogP contribution in [0.25, 0.3) is 11.2 Å². The first-order valence-corrected chi connectivity index (χ1v) is 9.52. The molecule has 0 aromatic carbocycles. The number of hydrogen-bond acceptors (Lipinski definition) is 9. The van der Waals surface area contributed by atoms with Gasteiger partial charge in [-0.05, 0) is 13.8 Å². The molecule has 4 heterocycles. The lowest BCUT2D eigenvalue weighted by atomic mass is 9.99. The van der Waals surface area contributed by atoms with Gasteiger partial charge in [-0.1, -0.05) is 5.92 Å². The van der Waals surface area contributed by atoms with Gasteiger partial charge in [0.25, 0.3) is 0 Å². The summed E-state index contributed by atoms with van der Waals surface area (Å²) >= 11 is 0. The molecule has 4 atom stereocenters. The summed E-state index contributed by atoms with van der Waals surface area (Å²) in [5.41, 5.74) is 5.62. The molecule has 138 valence electrons. The topological polar surface area (TPSA) is 124 Å². The van der Waals surface area contributed by atoms with E-state index < -0.39 is 25.8 Å². The maximum absolute atomic E-state index is 12.6. The molecule has 2 N–H and O–H groups in total. The van der Waals surface area contributed by atoms with Gasteiger partial charge in [0.2, 0.25) is 0 Å². The normalized spacial score (nSPS) is 34.1. The largest absolute Gasteiger partial charge is 0.475 e. The Bertz CT molecular complexity index is 940. The molecule has 10 nitrogen and oxygen atoms in total. The first-order chi connectivity index (χ1) is 12.4. The Morgan fingerprint density at radius 1 is 1.50 bits per heavy atom. The number of nitrogen functional groups attached to an aromatic ring is 1. The average molecular weight is 379 g/mol. The molecule has 0 spiro atoms. The summed E-state index contributed by atoms with van der Waals surface area (Å²) in [5, 5.41) is 0. The second-order valence-corrected chi connectivity index (χ2v) is 7.97. The van der Waals surface area contributed by atoms with E-state index in [-0.39, 0.29) is 18.5 Å². The van der Waals surface area contributed by atoms with Crippen LogP contribution in [0.4, 0.5) is 5.82 Å². The first-order valence-electron chi connectivity index (χ1n) is 8.06. The van der Waals surface area contributed by atoms with E-state index in [2.05, 4.69) is 20.9 Å². The number of aromatic nitrogens is 4. The van der Waals surface area contributed by atoms with Crippen molar-refractivity contribution in [3.05, 3.63) is 12.7 Å². The maximum atomic E-state index is 12.6. The highest BCUT2D eigenvalue weighted by Crippen LogP contribution is 2.60. The van der Waals surface area contributed by atoms with Crippen molar-refractivity contribution in [2.75, 3.05) is 12.3 Å². The fourth-order valence-corrected chi connectivity index (χ4v) is 4.70. The van der Waals surface area contributed by atoms with Crippen molar-refractivity contribution in [1.82, 2.24) is 19.5 Å². The third kappa shape index (κ3) is 2.69. The zero-order valence-corrected chi connectivity index (χ0v) is 15.1. The lowest BCUT2D eigenvalue weighted by Crippen LogP contribution is -2.46. The van der Waals surface area contributed by atoms with Crippen LogP contribution >= 0.6 is 7.82 Å². The van der Waals surface area contributed by atoms with Crippen LogP contribution in [0.15, 0.2) is 12.7 Å². The van der Waals surface area contributed by atoms with Crippen molar-refractivity contribution in [1.29, 1.82) is 0 Å². The number of terminal acetylenes is 1. The van der Waals surface area contributed by atoms with Crippen LogP contribution < -0.4 is 5.73 Å². The minimum absolute atomic E-state index is 0.0988. The van der Waals surface area contributed by atoms with E-state index >= 15 is 0 Å². The second-order valence-electron chi connectivity index (χ2n) is 6.39. The van der Waals surface area contributed by atoms with Crippen molar-refractivity contribution in [3.63, 3.8) is 0 Å². The highest BCUT2D eigenvalue weighted by Gasteiger charge is 2.57. The molecule has 26 heavy (non-hydrogen) atoms. The Labute approximate surface area is 149 Å². The molecule has 0 aliphatic carbocycles. The molecule has 2 fully saturated rings. The van der Waals surface area contributed by atoms with E-state index in [9.17, 15) is 4.57 Å². The summed E-state index contributed by atoms with van der Waals surface area (Å²) in [6, 6.07) is 0. The number of phosphoric ester groups is 1. The predicted molar refractivity (Wildman–Crippen MR) is 90.7 cm³/mol. The van der Waals surface area contributed by atoms with Gasteiger partial charge in [0.1, 0.15) is 30.8 Å². The molecular weight excluding hydrogens is 361 g/mol. The van der Waals surface area contributed by atoms with Gasteiger partial charge < -0.3 is 10.5 Å². The molecule has 2 saturated heterocycles. The SMILES string of the molecule is C#C[C@@]12COP(=O)(OC(C)C)O[C@@H]1C[C@H](n1cnc3c(N)ncnc31)O2. The van der Waals surface area contributed by atoms with Crippen molar-refractivity contribution >= 4 is 24.8 Å². The summed E-state index contributed by atoms with van der Waals surface area (Å²) in [5.74, 6) is 2.85. The molecule has 0 radical (unpaired) electrons. The zero-order chi connectivity index (χ0) is 18.5. The van der Waals surface area contributed by atoms with Crippen molar-refractivity contribution in [2.24, 2.45) is 0 Å². The van der Waals surface area contributed by atoms with Crippen LogP contribution in [0.3, 0.4) is 0 Å². The summed E-state index contributed by atoms with van der Waals surface area (Å²) in [7, 11) is -3.70. The van der Waals surface area contributed by atoms with Gasteiger partial charge in [-0.2, -0.15) is 0 Å². The second kappa shape index (κ2) is 6.01. The number of fused-ring (bicyclic) bond motifs is 2. The smallest absolute Gasteiger partial charge is 0.382 e. The first kappa shape index (κ1) is 17.4.